The molecule has 0 bridgehead atoms. The molecule has 1 heterocycles. The summed E-state index contributed by atoms with van der Waals surface area (Å²) in [4.78, 5) is 2.18. The fourth-order valence-electron chi connectivity index (χ4n) is 2.47. The van der Waals surface area contributed by atoms with Crippen LogP contribution in [0, 0.1) is 0 Å². The van der Waals surface area contributed by atoms with Crippen LogP contribution in [0.2, 0.25) is 0 Å². The molecule has 0 unspecified atom stereocenters. The Morgan fingerprint density at radius 2 is 1.75 bits per heavy atom. The maximum atomic E-state index is 12.1. The maximum absolute atomic E-state index is 12.1. The van der Waals surface area contributed by atoms with Gasteiger partial charge in [-0.25, -0.2) is 8.42 Å². The highest BCUT2D eigenvalue weighted by atomic mass is 32.2. The van der Waals surface area contributed by atoms with Gasteiger partial charge in [0.2, 0.25) is 0 Å². The molecule has 24 heavy (non-hydrogen) atoms. The molecule has 0 aromatic heterocycles. The molecule has 126 valence electrons. The topological polar surface area (TPSA) is 58.6 Å². The summed E-state index contributed by atoms with van der Waals surface area (Å²) in [6.07, 6.45) is 1.85. The highest BCUT2D eigenvalue weighted by molar-refractivity contribution is 7.95. The van der Waals surface area contributed by atoms with Gasteiger partial charge in [0.05, 0.1) is 11.5 Å². The van der Waals surface area contributed by atoms with Gasteiger partial charge in [-0.2, -0.15) is 0 Å². The SMILES string of the molecule is COC1CN(c2ccc(NS(=O)(=O)/C=C/c3ccccc3)cc2)C1. The molecule has 0 radical (unpaired) electrons. The van der Waals surface area contributed by atoms with Crippen LogP contribution in [0.15, 0.2) is 60.0 Å². The first kappa shape index (κ1) is 16.5. The van der Waals surface area contributed by atoms with Crippen LogP contribution in [0.5, 0.6) is 0 Å². The first-order chi connectivity index (χ1) is 11.6. The second-order valence-corrected chi connectivity index (χ2v) is 7.24. The molecule has 0 spiro atoms. The molecule has 1 aliphatic heterocycles. The lowest BCUT2D eigenvalue weighted by Gasteiger charge is -2.40. The average Bonchev–Trinajstić information content (AvgIpc) is 2.54. The summed E-state index contributed by atoms with van der Waals surface area (Å²) in [5.41, 5.74) is 2.44. The number of nitrogens with one attached hydrogen (secondary N) is 1. The fraction of sp³-hybridized carbons (Fsp3) is 0.222. The molecule has 0 saturated carbocycles. The summed E-state index contributed by atoms with van der Waals surface area (Å²) in [5, 5.41) is 1.18. The molecule has 1 fully saturated rings. The van der Waals surface area contributed by atoms with E-state index in [1.807, 2.05) is 42.5 Å². The molecule has 0 amide bonds. The predicted molar refractivity (Wildman–Crippen MR) is 97.5 cm³/mol. The van der Waals surface area contributed by atoms with E-state index in [1.165, 1.54) is 5.41 Å². The minimum absolute atomic E-state index is 0.284. The number of nitrogens with zero attached hydrogens (tertiary/aromatic N) is 1. The van der Waals surface area contributed by atoms with E-state index in [-0.39, 0.29) is 6.10 Å². The van der Waals surface area contributed by atoms with Crippen LogP contribution in [0.1, 0.15) is 5.56 Å². The number of sulfonamides is 1. The van der Waals surface area contributed by atoms with E-state index >= 15 is 0 Å². The van der Waals surface area contributed by atoms with Crippen molar-refractivity contribution in [2.75, 3.05) is 29.8 Å². The molecular weight excluding hydrogens is 324 g/mol. The molecule has 6 heteroatoms. The van der Waals surface area contributed by atoms with Crippen LogP contribution in [0.3, 0.4) is 0 Å². The van der Waals surface area contributed by atoms with Crippen LogP contribution in [-0.4, -0.2) is 34.7 Å². The quantitative estimate of drug-likeness (QED) is 0.875. The molecule has 2 aromatic carbocycles. The summed E-state index contributed by atoms with van der Waals surface area (Å²) < 4.78 is 32.0. The first-order valence-corrected chi connectivity index (χ1v) is 9.24. The monoisotopic (exact) mass is 344 g/mol. The van der Waals surface area contributed by atoms with Crippen molar-refractivity contribution in [2.24, 2.45) is 0 Å². The van der Waals surface area contributed by atoms with Gasteiger partial charge >= 0.3 is 0 Å². The van der Waals surface area contributed by atoms with E-state index < -0.39 is 10.0 Å². The van der Waals surface area contributed by atoms with Crippen molar-refractivity contribution in [3.63, 3.8) is 0 Å². The molecule has 1 saturated heterocycles. The summed E-state index contributed by atoms with van der Waals surface area (Å²) >= 11 is 0. The summed E-state index contributed by atoms with van der Waals surface area (Å²) in [6.45, 7) is 1.72. The van der Waals surface area contributed by atoms with Gasteiger partial charge in [0.1, 0.15) is 0 Å². The second kappa shape index (κ2) is 7.07. The van der Waals surface area contributed by atoms with E-state index in [0.717, 1.165) is 24.3 Å². The second-order valence-electron chi connectivity index (χ2n) is 5.67. The van der Waals surface area contributed by atoms with Crippen LogP contribution in [0.25, 0.3) is 6.08 Å². The summed E-state index contributed by atoms with van der Waals surface area (Å²) in [6, 6.07) is 16.7. The van der Waals surface area contributed by atoms with Crippen LogP contribution in [-0.2, 0) is 14.8 Å². The standard InChI is InChI=1S/C18H20N2O3S/c1-23-18-13-20(14-18)17-9-7-16(8-10-17)19-24(21,22)12-11-15-5-3-2-4-6-15/h2-12,18-19H,13-14H2,1H3/b12-11+. The lowest BCUT2D eigenvalue weighted by atomic mass is 10.1. The Balaban J connectivity index is 1.62. The number of hydrogen-bond donors (Lipinski definition) is 1. The summed E-state index contributed by atoms with van der Waals surface area (Å²) in [7, 11) is -1.82. The molecule has 1 aliphatic rings. The van der Waals surface area contributed by atoms with Crippen molar-refractivity contribution in [1.29, 1.82) is 0 Å². The smallest absolute Gasteiger partial charge is 0.255 e. The fourth-order valence-corrected chi connectivity index (χ4v) is 3.34. The van der Waals surface area contributed by atoms with Crippen molar-refractivity contribution >= 4 is 27.5 Å². The van der Waals surface area contributed by atoms with Gasteiger partial charge < -0.3 is 9.64 Å². The molecule has 3 rings (SSSR count). The molecular formula is C18H20N2O3S. The normalized spacial score (nSPS) is 15.5. The van der Waals surface area contributed by atoms with Crippen molar-refractivity contribution in [1.82, 2.24) is 0 Å². The zero-order chi connectivity index (χ0) is 17.0. The van der Waals surface area contributed by atoms with E-state index in [1.54, 1.807) is 25.3 Å². The zero-order valence-electron chi connectivity index (χ0n) is 13.4. The number of anilines is 2. The van der Waals surface area contributed by atoms with Crippen molar-refractivity contribution in [3.8, 4) is 0 Å². The maximum Gasteiger partial charge on any atom is 0.255 e. The number of rotatable bonds is 6. The van der Waals surface area contributed by atoms with Gasteiger partial charge in [-0.1, -0.05) is 30.3 Å². The molecule has 1 N–H and O–H groups in total. The number of ether oxygens (including phenoxy) is 1. The lowest BCUT2D eigenvalue weighted by molar-refractivity contribution is 0.0788. The van der Waals surface area contributed by atoms with Gasteiger partial charge in [0, 0.05) is 31.6 Å². The Morgan fingerprint density at radius 1 is 1.08 bits per heavy atom. The largest absolute Gasteiger partial charge is 0.378 e. The van der Waals surface area contributed by atoms with Gasteiger partial charge in [-0.15, -0.1) is 0 Å². The third-order valence-corrected chi connectivity index (χ3v) is 4.93. The molecule has 0 atom stereocenters. The van der Waals surface area contributed by atoms with Crippen LogP contribution < -0.4 is 9.62 Å². The van der Waals surface area contributed by atoms with Gasteiger partial charge in [-0.05, 0) is 35.9 Å². The van der Waals surface area contributed by atoms with Gasteiger partial charge in [0.15, 0.2) is 0 Å². The van der Waals surface area contributed by atoms with Crippen molar-refractivity contribution in [3.05, 3.63) is 65.6 Å². The van der Waals surface area contributed by atoms with E-state index in [4.69, 9.17) is 4.74 Å². The highest BCUT2D eigenvalue weighted by Gasteiger charge is 2.26. The van der Waals surface area contributed by atoms with E-state index in [9.17, 15) is 8.42 Å². The highest BCUT2D eigenvalue weighted by Crippen LogP contribution is 2.24. The van der Waals surface area contributed by atoms with Gasteiger partial charge in [-0.3, -0.25) is 4.72 Å². The summed E-state index contributed by atoms with van der Waals surface area (Å²) in [5.74, 6) is 0. The number of methoxy groups -OCH3 is 1. The molecule has 0 aliphatic carbocycles. The zero-order valence-corrected chi connectivity index (χ0v) is 14.2. The molecule has 5 nitrogen and oxygen atoms in total. The average molecular weight is 344 g/mol. The predicted octanol–water partition coefficient (Wildman–Crippen LogP) is 2.93. The number of benzene rings is 2. The first-order valence-electron chi connectivity index (χ1n) is 7.69. The molecule has 2 aromatic rings. The van der Waals surface area contributed by atoms with Crippen molar-refractivity contribution in [2.45, 2.75) is 6.10 Å². The van der Waals surface area contributed by atoms with E-state index in [0.29, 0.717) is 5.69 Å². The van der Waals surface area contributed by atoms with Crippen LogP contribution in [0.4, 0.5) is 11.4 Å². The minimum atomic E-state index is -3.53. The van der Waals surface area contributed by atoms with Crippen molar-refractivity contribution < 1.29 is 13.2 Å². The van der Waals surface area contributed by atoms with Gasteiger partial charge in [0.25, 0.3) is 10.0 Å². The lowest BCUT2D eigenvalue weighted by Crippen LogP contribution is -2.51. The Morgan fingerprint density at radius 3 is 2.38 bits per heavy atom. The Bertz CT molecular complexity index is 796. The number of hydrogen-bond acceptors (Lipinski definition) is 4. The van der Waals surface area contributed by atoms with Crippen LogP contribution >= 0.6 is 0 Å². The van der Waals surface area contributed by atoms with E-state index in [2.05, 4.69) is 9.62 Å². The Hall–Kier alpha value is -2.31. The third-order valence-electron chi connectivity index (χ3n) is 3.91. The minimum Gasteiger partial charge on any atom is -0.378 e. The third kappa shape index (κ3) is 4.15. The Kier molecular flexibility index (Phi) is 4.87. The Labute approximate surface area is 142 Å².